The summed E-state index contributed by atoms with van der Waals surface area (Å²) in [5.74, 6) is -0.239. The molecule has 11 heteroatoms. The zero-order valence-corrected chi connectivity index (χ0v) is 19.7. The number of β-lactam (4-membered cyclic amide) rings is 1. The third-order valence-electron chi connectivity index (χ3n) is 5.91. The molecule has 1 fully saturated rings. The number of hydrogen-bond acceptors (Lipinski definition) is 7. The molecule has 3 N–H and O–H groups in total. The SMILES string of the molecule is CN1C(N)=NC(C)(c2sc3c(-c4ccc(C5CC(=O)N5)cc4)nccc3c2Cl)CS1(=O)=O. The lowest BCUT2D eigenvalue weighted by Gasteiger charge is -2.33. The van der Waals surface area contributed by atoms with Crippen molar-refractivity contribution in [3.8, 4) is 11.3 Å². The molecule has 0 radical (unpaired) electrons. The zero-order chi connectivity index (χ0) is 22.8. The summed E-state index contributed by atoms with van der Waals surface area (Å²) in [5, 5.41) is 4.12. The molecule has 0 aliphatic carbocycles. The normalized spacial score (nSPS) is 24.7. The van der Waals surface area contributed by atoms with E-state index in [1.54, 1.807) is 13.1 Å². The van der Waals surface area contributed by atoms with Gasteiger partial charge in [0.25, 0.3) is 0 Å². The molecule has 0 spiro atoms. The predicted molar refractivity (Wildman–Crippen MR) is 126 cm³/mol. The van der Waals surface area contributed by atoms with Crippen molar-refractivity contribution in [3.05, 3.63) is 52.0 Å². The van der Waals surface area contributed by atoms with Crippen LogP contribution in [0.25, 0.3) is 21.3 Å². The van der Waals surface area contributed by atoms with Gasteiger partial charge in [-0.2, -0.15) is 0 Å². The first-order valence-electron chi connectivity index (χ1n) is 9.88. The number of halogens is 1. The van der Waals surface area contributed by atoms with Crippen LogP contribution in [0, 0.1) is 0 Å². The lowest BCUT2D eigenvalue weighted by atomic mass is 9.96. The first-order chi connectivity index (χ1) is 15.1. The molecule has 1 amide bonds. The number of aliphatic imine (C=N–C) groups is 1. The van der Waals surface area contributed by atoms with Gasteiger partial charge in [0.1, 0.15) is 5.54 Å². The maximum Gasteiger partial charge on any atom is 0.239 e. The van der Waals surface area contributed by atoms with Crippen molar-refractivity contribution in [2.24, 2.45) is 10.7 Å². The maximum atomic E-state index is 12.6. The van der Waals surface area contributed by atoms with E-state index in [4.69, 9.17) is 17.3 Å². The van der Waals surface area contributed by atoms with Crippen LogP contribution in [0.15, 0.2) is 41.5 Å². The number of nitrogens with zero attached hydrogens (tertiary/aromatic N) is 3. The smallest absolute Gasteiger partial charge is 0.239 e. The highest BCUT2D eigenvalue weighted by atomic mass is 35.5. The summed E-state index contributed by atoms with van der Waals surface area (Å²) in [6.45, 7) is 1.73. The molecule has 0 bridgehead atoms. The zero-order valence-electron chi connectivity index (χ0n) is 17.3. The second-order valence-corrected chi connectivity index (χ2v) is 11.6. The summed E-state index contributed by atoms with van der Waals surface area (Å²) >= 11 is 8.13. The summed E-state index contributed by atoms with van der Waals surface area (Å²) in [6, 6.07) is 9.76. The molecule has 0 saturated carbocycles. The third-order valence-corrected chi connectivity index (χ3v) is 9.83. The van der Waals surface area contributed by atoms with Crippen LogP contribution >= 0.6 is 22.9 Å². The van der Waals surface area contributed by atoms with Gasteiger partial charge in [0, 0.05) is 24.2 Å². The van der Waals surface area contributed by atoms with Crippen LogP contribution in [0.4, 0.5) is 0 Å². The van der Waals surface area contributed by atoms with Crippen molar-refractivity contribution in [3.63, 3.8) is 0 Å². The van der Waals surface area contributed by atoms with Crippen molar-refractivity contribution in [2.75, 3.05) is 12.8 Å². The Balaban J connectivity index is 1.60. The van der Waals surface area contributed by atoms with Gasteiger partial charge in [-0.3, -0.25) is 9.78 Å². The molecule has 3 aromatic rings. The predicted octanol–water partition coefficient (Wildman–Crippen LogP) is 2.98. The number of benzene rings is 1. The van der Waals surface area contributed by atoms with E-state index in [1.165, 1.54) is 18.4 Å². The van der Waals surface area contributed by atoms with E-state index in [9.17, 15) is 13.2 Å². The molecule has 1 saturated heterocycles. The maximum absolute atomic E-state index is 12.6. The van der Waals surface area contributed by atoms with Gasteiger partial charge in [0.2, 0.25) is 21.9 Å². The molecule has 8 nitrogen and oxygen atoms in total. The molecular weight excluding hydrogens is 470 g/mol. The molecule has 2 aromatic heterocycles. The van der Waals surface area contributed by atoms with Gasteiger partial charge in [-0.15, -0.1) is 11.3 Å². The number of fused-ring (bicyclic) bond motifs is 1. The third kappa shape index (κ3) is 3.25. The first kappa shape index (κ1) is 21.2. The van der Waals surface area contributed by atoms with Crippen LogP contribution in [0.2, 0.25) is 5.02 Å². The lowest BCUT2D eigenvalue weighted by Crippen LogP contribution is -2.50. The number of hydrogen-bond donors (Lipinski definition) is 2. The fraction of sp³-hybridized carbons (Fsp3) is 0.286. The van der Waals surface area contributed by atoms with E-state index in [1.807, 2.05) is 30.3 Å². The van der Waals surface area contributed by atoms with Crippen molar-refractivity contribution in [2.45, 2.75) is 24.9 Å². The van der Waals surface area contributed by atoms with Gasteiger partial charge in [0.05, 0.1) is 38.5 Å². The van der Waals surface area contributed by atoms with Crippen LogP contribution in [0.1, 0.15) is 29.8 Å². The van der Waals surface area contributed by atoms with Crippen LogP contribution in [0.5, 0.6) is 0 Å². The average molecular weight is 490 g/mol. The molecule has 166 valence electrons. The molecule has 5 rings (SSSR count). The average Bonchev–Trinajstić information content (AvgIpc) is 3.07. The second-order valence-electron chi connectivity index (χ2n) is 8.20. The van der Waals surface area contributed by atoms with Crippen molar-refractivity contribution >= 4 is 54.9 Å². The molecule has 4 heterocycles. The molecule has 2 aliphatic rings. The number of nitrogens with one attached hydrogen (secondary N) is 1. The van der Waals surface area contributed by atoms with Crippen molar-refractivity contribution in [1.29, 1.82) is 0 Å². The number of rotatable bonds is 3. The van der Waals surface area contributed by atoms with Crippen molar-refractivity contribution < 1.29 is 13.2 Å². The number of nitrogens with two attached hydrogens (primary N) is 1. The van der Waals surface area contributed by atoms with E-state index in [0.717, 1.165) is 31.2 Å². The molecule has 32 heavy (non-hydrogen) atoms. The Morgan fingerprint density at radius 2 is 1.97 bits per heavy atom. The Kier molecular flexibility index (Phi) is 4.74. The molecular formula is C21H20ClN5O3S2. The number of amides is 1. The number of guanidine groups is 1. The number of thiophene rings is 1. The van der Waals surface area contributed by atoms with Gasteiger partial charge in [-0.1, -0.05) is 35.9 Å². The van der Waals surface area contributed by atoms with Gasteiger partial charge in [-0.25, -0.2) is 17.7 Å². The highest BCUT2D eigenvalue weighted by molar-refractivity contribution is 7.89. The Morgan fingerprint density at radius 3 is 2.59 bits per heavy atom. The number of aromatic nitrogens is 1. The van der Waals surface area contributed by atoms with E-state index in [2.05, 4.69) is 15.3 Å². The molecule has 2 unspecified atom stereocenters. The minimum atomic E-state index is -3.62. The van der Waals surface area contributed by atoms with E-state index in [-0.39, 0.29) is 23.7 Å². The molecule has 1 aromatic carbocycles. The van der Waals surface area contributed by atoms with Crippen LogP contribution < -0.4 is 11.1 Å². The summed E-state index contributed by atoms with van der Waals surface area (Å²) < 4.78 is 27.1. The molecule has 2 aliphatic heterocycles. The van der Waals surface area contributed by atoms with Crippen LogP contribution in [-0.4, -0.2) is 42.4 Å². The minimum Gasteiger partial charge on any atom is -0.369 e. The Morgan fingerprint density at radius 1 is 1.28 bits per heavy atom. The number of pyridine rings is 1. The van der Waals surface area contributed by atoms with E-state index in [0.29, 0.717) is 16.3 Å². The number of carbonyl (C=O) groups is 1. The van der Waals surface area contributed by atoms with Gasteiger partial charge in [-0.05, 0) is 18.6 Å². The van der Waals surface area contributed by atoms with E-state index < -0.39 is 15.6 Å². The summed E-state index contributed by atoms with van der Waals surface area (Å²) in [6.07, 6.45) is 2.18. The standard InChI is InChI=1S/C21H20ClN5O3S2/c1-21(10-32(29,30)27(2)20(23)26-21)19-16(22)13-7-8-24-17(18(13)31-19)12-5-3-11(4-6-12)14-9-15(28)25-14/h3-8,14H,9-10H2,1-2H3,(H2,23,26)(H,25,28). The Bertz CT molecular complexity index is 1390. The number of sulfonamides is 1. The summed E-state index contributed by atoms with van der Waals surface area (Å²) in [7, 11) is -2.23. The monoisotopic (exact) mass is 489 g/mol. The molecule has 2 atom stereocenters. The minimum absolute atomic E-state index is 0.0535. The van der Waals surface area contributed by atoms with Gasteiger partial charge < -0.3 is 11.1 Å². The van der Waals surface area contributed by atoms with E-state index >= 15 is 0 Å². The quantitative estimate of drug-likeness (QED) is 0.548. The first-order valence-corrected chi connectivity index (χ1v) is 12.7. The number of carbonyl (C=O) groups excluding carboxylic acids is 1. The largest absolute Gasteiger partial charge is 0.369 e. The Hall–Kier alpha value is -2.69. The summed E-state index contributed by atoms with van der Waals surface area (Å²) in [5.41, 5.74) is 7.51. The topological polar surface area (TPSA) is 118 Å². The fourth-order valence-electron chi connectivity index (χ4n) is 4.04. The van der Waals surface area contributed by atoms with Gasteiger partial charge >= 0.3 is 0 Å². The second kappa shape index (κ2) is 7.16. The van der Waals surface area contributed by atoms with Crippen LogP contribution in [0.3, 0.4) is 0 Å². The highest BCUT2D eigenvalue weighted by Crippen LogP contribution is 2.47. The highest BCUT2D eigenvalue weighted by Gasteiger charge is 2.43. The fourth-order valence-corrected chi connectivity index (χ4v) is 7.40. The summed E-state index contributed by atoms with van der Waals surface area (Å²) in [4.78, 5) is 20.9. The van der Waals surface area contributed by atoms with Gasteiger partial charge in [0.15, 0.2) is 0 Å². The van der Waals surface area contributed by atoms with Crippen molar-refractivity contribution in [1.82, 2.24) is 14.6 Å². The lowest BCUT2D eigenvalue weighted by molar-refractivity contribution is -0.128. The van der Waals surface area contributed by atoms with Crippen LogP contribution in [-0.2, 0) is 20.4 Å². The Labute approximate surface area is 194 Å².